The van der Waals surface area contributed by atoms with Crippen LogP contribution < -0.4 is 11.1 Å². The lowest BCUT2D eigenvalue weighted by Crippen LogP contribution is -2.45. The quantitative estimate of drug-likeness (QED) is 0.700. The Morgan fingerprint density at radius 2 is 1.85 bits per heavy atom. The summed E-state index contributed by atoms with van der Waals surface area (Å²) in [6.45, 7) is 2.92. The van der Waals surface area contributed by atoms with Crippen LogP contribution in [0.5, 0.6) is 0 Å². The van der Waals surface area contributed by atoms with Gasteiger partial charge in [0.1, 0.15) is 6.04 Å². The minimum Gasteiger partial charge on any atom is -0.481 e. The molecule has 108 valence electrons. The topological polar surface area (TPSA) is 109 Å². The van der Waals surface area contributed by atoms with E-state index in [-0.39, 0.29) is 6.42 Å². The van der Waals surface area contributed by atoms with E-state index in [1.165, 1.54) is 13.8 Å². The van der Waals surface area contributed by atoms with E-state index < -0.39 is 29.2 Å². The number of aliphatic carboxylic acids is 1. The summed E-state index contributed by atoms with van der Waals surface area (Å²) in [5, 5.41) is 11.8. The van der Waals surface area contributed by atoms with Gasteiger partial charge in [-0.3, -0.25) is 14.4 Å². The van der Waals surface area contributed by atoms with Crippen LogP contribution >= 0.6 is 0 Å². The second-order valence-electron chi connectivity index (χ2n) is 4.87. The fourth-order valence-electron chi connectivity index (χ4n) is 1.79. The van der Waals surface area contributed by atoms with E-state index in [4.69, 9.17) is 5.73 Å². The third kappa shape index (κ3) is 3.57. The summed E-state index contributed by atoms with van der Waals surface area (Å²) >= 11 is 0. The zero-order valence-corrected chi connectivity index (χ0v) is 11.4. The lowest BCUT2D eigenvalue weighted by molar-refractivity contribution is -0.145. The number of nitrogens with two attached hydrogens (primary N) is 1. The first kappa shape index (κ1) is 15.7. The van der Waals surface area contributed by atoms with Gasteiger partial charge in [-0.2, -0.15) is 0 Å². The van der Waals surface area contributed by atoms with Crippen LogP contribution in [0.3, 0.4) is 0 Å². The molecule has 0 aromatic heterocycles. The number of benzene rings is 1. The highest BCUT2D eigenvalue weighted by atomic mass is 16.4. The van der Waals surface area contributed by atoms with Gasteiger partial charge >= 0.3 is 5.97 Å². The van der Waals surface area contributed by atoms with E-state index in [0.717, 1.165) is 0 Å². The van der Waals surface area contributed by atoms with Gasteiger partial charge in [0.2, 0.25) is 11.8 Å². The van der Waals surface area contributed by atoms with Gasteiger partial charge in [-0.1, -0.05) is 30.3 Å². The van der Waals surface area contributed by atoms with Crippen molar-refractivity contribution in [3.8, 4) is 0 Å². The lowest BCUT2D eigenvalue weighted by Gasteiger charge is -2.25. The van der Waals surface area contributed by atoms with Gasteiger partial charge in [0.25, 0.3) is 0 Å². The summed E-state index contributed by atoms with van der Waals surface area (Å²) in [5.41, 5.74) is 4.21. The van der Waals surface area contributed by atoms with Crippen LogP contribution in [0.15, 0.2) is 30.3 Å². The second kappa shape index (κ2) is 6.18. The van der Waals surface area contributed by atoms with Crippen LogP contribution in [0.2, 0.25) is 0 Å². The highest BCUT2D eigenvalue weighted by molar-refractivity contribution is 5.91. The van der Waals surface area contributed by atoms with Crippen molar-refractivity contribution in [2.24, 2.45) is 5.73 Å². The van der Waals surface area contributed by atoms with Crippen LogP contribution in [-0.4, -0.2) is 28.9 Å². The smallest absolute Gasteiger partial charge is 0.314 e. The summed E-state index contributed by atoms with van der Waals surface area (Å²) < 4.78 is 0. The van der Waals surface area contributed by atoms with Crippen molar-refractivity contribution >= 4 is 17.8 Å². The maximum absolute atomic E-state index is 11.9. The molecule has 0 aliphatic heterocycles. The molecule has 1 rings (SSSR count). The number of hydrogen-bond acceptors (Lipinski definition) is 3. The van der Waals surface area contributed by atoms with E-state index in [0.29, 0.717) is 5.56 Å². The number of carbonyl (C=O) groups excluding carboxylic acids is 2. The van der Waals surface area contributed by atoms with E-state index in [1.807, 2.05) is 0 Å². The first-order chi connectivity index (χ1) is 9.27. The standard InChI is InChI=1S/C14H18N2O4/c1-9(12(15)18)16-11(17)8-14(2,13(19)20)10-6-4-3-5-7-10/h3-7,9H,8H2,1-2H3,(H2,15,18)(H,16,17)(H,19,20). The largest absolute Gasteiger partial charge is 0.481 e. The number of rotatable bonds is 6. The van der Waals surface area contributed by atoms with E-state index >= 15 is 0 Å². The van der Waals surface area contributed by atoms with Crippen molar-refractivity contribution in [1.82, 2.24) is 5.32 Å². The van der Waals surface area contributed by atoms with Crippen LogP contribution in [-0.2, 0) is 19.8 Å². The van der Waals surface area contributed by atoms with Gasteiger partial charge in [-0.15, -0.1) is 0 Å². The molecule has 0 fully saturated rings. The minimum atomic E-state index is -1.36. The number of hydrogen-bond donors (Lipinski definition) is 3. The Morgan fingerprint density at radius 3 is 2.30 bits per heavy atom. The fraction of sp³-hybridized carbons (Fsp3) is 0.357. The van der Waals surface area contributed by atoms with E-state index in [9.17, 15) is 19.5 Å². The minimum absolute atomic E-state index is 0.274. The SMILES string of the molecule is CC(NC(=O)CC(C)(C(=O)O)c1ccccc1)C(N)=O. The van der Waals surface area contributed by atoms with Gasteiger partial charge < -0.3 is 16.2 Å². The summed E-state index contributed by atoms with van der Waals surface area (Å²) in [5.74, 6) is -2.31. The van der Waals surface area contributed by atoms with Crippen molar-refractivity contribution in [3.63, 3.8) is 0 Å². The zero-order valence-electron chi connectivity index (χ0n) is 11.4. The summed E-state index contributed by atoms with van der Waals surface area (Å²) in [4.78, 5) is 34.3. The Morgan fingerprint density at radius 1 is 1.30 bits per heavy atom. The molecular weight excluding hydrogens is 260 g/mol. The number of carboxylic acids is 1. The van der Waals surface area contributed by atoms with Crippen molar-refractivity contribution in [3.05, 3.63) is 35.9 Å². The zero-order chi connectivity index (χ0) is 15.3. The molecule has 6 nitrogen and oxygen atoms in total. The third-order valence-corrected chi connectivity index (χ3v) is 3.20. The fourth-order valence-corrected chi connectivity index (χ4v) is 1.79. The van der Waals surface area contributed by atoms with Crippen LogP contribution in [0, 0.1) is 0 Å². The van der Waals surface area contributed by atoms with Gasteiger partial charge in [-0.05, 0) is 19.4 Å². The van der Waals surface area contributed by atoms with E-state index in [2.05, 4.69) is 5.32 Å². The molecule has 0 heterocycles. The number of carboxylic acid groups (broad SMARTS) is 1. The van der Waals surface area contributed by atoms with Gasteiger partial charge in [0.15, 0.2) is 0 Å². The maximum atomic E-state index is 11.9. The Hall–Kier alpha value is -2.37. The Kier molecular flexibility index (Phi) is 4.85. The summed E-state index contributed by atoms with van der Waals surface area (Å²) in [6.07, 6.45) is -0.274. The molecule has 2 atom stereocenters. The molecule has 1 aromatic carbocycles. The van der Waals surface area contributed by atoms with Crippen LogP contribution in [0.4, 0.5) is 0 Å². The molecule has 0 radical (unpaired) electrons. The Balaban J connectivity index is 2.91. The molecule has 6 heteroatoms. The highest BCUT2D eigenvalue weighted by Gasteiger charge is 2.37. The molecule has 2 unspecified atom stereocenters. The van der Waals surface area contributed by atoms with Crippen molar-refractivity contribution in [2.45, 2.75) is 31.7 Å². The molecule has 0 spiro atoms. The first-order valence-electron chi connectivity index (χ1n) is 6.15. The molecule has 0 saturated carbocycles. The lowest BCUT2D eigenvalue weighted by atomic mass is 9.79. The molecule has 20 heavy (non-hydrogen) atoms. The number of carbonyl (C=O) groups is 3. The van der Waals surface area contributed by atoms with Gasteiger partial charge in [0, 0.05) is 6.42 Å². The molecule has 0 aliphatic carbocycles. The normalized spacial score (nSPS) is 14.9. The first-order valence-corrected chi connectivity index (χ1v) is 6.15. The molecule has 2 amide bonds. The van der Waals surface area contributed by atoms with Crippen LogP contribution in [0.25, 0.3) is 0 Å². The van der Waals surface area contributed by atoms with Crippen LogP contribution in [0.1, 0.15) is 25.8 Å². The van der Waals surface area contributed by atoms with Crippen molar-refractivity contribution < 1.29 is 19.5 Å². The molecule has 0 aliphatic rings. The number of nitrogens with one attached hydrogen (secondary N) is 1. The molecule has 4 N–H and O–H groups in total. The monoisotopic (exact) mass is 278 g/mol. The predicted octanol–water partition coefficient (Wildman–Crippen LogP) is 0.409. The Labute approximate surface area is 117 Å². The molecular formula is C14H18N2O4. The van der Waals surface area contributed by atoms with E-state index in [1.54, 1.807) is 30.3 Å². The number of primary amides is 1. The maximum Gasteiger partial charge on any atom is 0.314 e. The molecule has 1 aromatic rings. The molecule has 0 saturated heterocycles. The second-order valence-corrected chi connectivity index (χ2v) is 4.87. The highest BCUT2D eigenvalue weighted by Crippen LogP contribution is 2.27. The molecule has 0 bridgehead atoms. The van der Waals surface area contributed by atoms with Crippen molar-refractivity contribution in [1.29, 1.82) is 0 Å². The average Bonchev–Trinajstić information content (AvgIpc) is 2.38. The summed E-state index contributed by atoms with van der Waals surface area (Å²) in [7, 11) is 0. The van der Waals surface area contributed by atoms with Crippen molar-refractivity contribution in [2.75, 3.05) is 0 Å². The third-order valence-electron chi connectivity index (χ3n) is 3.20. The summed E-state index contributed by atoms with van der Waals surface area (Å²) in [6, 6.07) is 7.65. The average molecular weight is 278 g/mol. The van der Waals surface area contributed by atoms with Gasteiger partial charge in [0.05, 0.1) is 5.41 Å². The van der Waals surface area contributed by atoms with Gasteiger partial charge in [-0.25, -0.2) is 0 Å². The number of amides is 2. The predicted molar refractivity (Wildman–Crippen MR) is 72.8 cm³/mol. The Bertz CT molecular complexity index is 515.